The fourth-order valence-corrected chi connectivity index (χ4v) is 5.53. The van der Waals surface area contributed by atoms with Crippen molar-refractivity contribution in [2.45, 2.75) is 44.7 Å². The first-order chi connectivity index (χ1) is 13.9. The number of thiophene rings is 1. The third kappa shape index (κ3) is 3.34. The number of hydrogen-bond acceptors (Lipinski definition) is 5. The predicted octanol–water partition coefficient (Wildman–Crippen LogP) is 5.08. The average molecular weight is 432 g/mol. The topological polar surface area (TPSA) is 66.8 Å². The predicted molar refractivity (Wildman–Crippen MR) is 113 cm³/mol. The maximum absolute atomic E-state index is 13.1. The molecule has 152 valence electrons. The van der Waals surface area contributed by atoms with Gasteiger partial charge < -0.3 is 14.7 Å². The summed E-state index contributed by atoms with van der Waals surface area (Å²) in [4.78, 5) is 28.7. The van der Waals surface area contributed by atoms with Crippen LogP contribution < -0.4 is 4.74 Å². The molecule has 29 heavy (non-hydrogen) atoms. The quantitative estimate of drug-likeness (QED) is 0.416. The van der Waals surface area contributed by atoms with E-state index in [1.807, 2.05) is 18.4 Å². The van der Waals surface area contributed by atoms with Crippen LogP contribution in [-0.2, 0) is 9.59 Å². The summed E-state index contributed by atoms with van der Waals surface area (Å²) < 4.78 is 5.24. The van der Waals surface area contributed by atoms with Crippen LogP contribution in [0.2, 0.25) is 5.02 Å². The smallest absolute Gasteiger partial charge is 0.295 e. The number of ketones is 1. The van der Waals surface area contributed by atoms with E-state index in [4.69, 9.17) is 16.3 Å². The molecule has 0 bridgehead atoms. The van der Waals surface area contributed by atoms with E-state index in [0.717, 1.165) is 36.1 Å². The SMILES string of the molecule is COc1ccc(Cl)c(/C(O)=C2\C(=O)C(=O)N(C3CCCC3)C2c2sccc2C)c1. The first-order valence-electron chi connectivity index (χ1n) is 9.62. The summed E-state index contributed by atoms with van der Waals surface area (Å²) in [5.41, 5.74) is 1.38. The largest absolute Gasteiger partial charge is 0.507 e. The number of ether oxygens (including phenoxy) is 1. The van der Waals surface area contributed by atoms with Crippen molar-refractivity contribution in [1.29, 1.82) is 0 Å². The minimum Gasteiger partial charge on any atom is -0.507 e. The number of hydrogen-bond donors (Lipinski definition) is 1. The third-order valence-corrected chi connectivity index (χ3v) is 7.18. The Labute approximate surface area is 178 Å². The van der Waals surface area contributed by atoms with Crippen LogP contribution in [0.15, 0.2) is 35.2 Å². The summed E-state index contributed by atoms with van der Waals surface area (Å²) >= 11 is 7.81. The molecule has 1 aromatic carbocycles. The highest BCUT2D eigenvalue weighted by Gasteiger charge is 2.50. The second-order valence-electron chi connectivity index (χ2n) is 7.46. The van der Waals surface area contributed by atoms with Crippen LogP contribution in [0, 0.1) is 6.92 Å². The second-order valence-corrected chi connectivity index (χ2v) is 8.81. The molecule has 1 N–H and O–H groups in total. The highest BCUT2D eigenvalue weighted by atomic mass is 35.5. The number of Topliss-reactive ketones (excluding diaryl/α,β-unsaturated/α-hetero) is 1. The number of halogens is 1. The molecule has 1 aromatic heterocycles. The molecule has 2 fully saturated rings. The molecule has 7 heteroatoms. The monoisotopic (exact) mass is 431 g/mol. The zero-order chi connectivity index (χ0) is 20.7. The molecule has 2 aliphatic rings. The molecule has 0 spiro atoms. The van der Waals surface area contributed by atoms with Gasteiger partial charge in [0.25, 0.3) is 11.7 Å². The lowest BCUT2D eigenvalue weighted by Crippen LogP contribution is -2.37. The zero-order valence-corrected chi connectivity index (χ0v) is 17.8. The number of likely N-dealkylation sites (tertiary alicyclic amines) is 1. The van der Waals surface area contributed by atoms with Crippen molar-refractivity contribution in [1.82, 2.24) is 4.90 Å². The van der Waals surface area contributed by atoms with Crippen molar-refractivity contribution in [2.75, 3.05) is 7.11 Å². The number of aryl methyl sites for hydroxylation is 1. The molecule has 1 unspecified atom stereocenters. The number of carbonyl (C=O) groups excluding carboxylic acids is 2. The zero-order valence-electron chi connectivity index (χ0n) is 16.3. The van der Waals surface area contributed by atoms with Crippen LogP contribution >= 0.6 is 22.9 Å². The molecular formula is C22H22ClNO4S. The van der Waals surface area contributed by atoms with Crippen LogP contribution in [0.1, 0.15) is 47.7 Å². The van der Waals surface area contributed by atoms with E-state index in [9.17, 15) is 14.7 Å². The molecule has 1 aliphatic heterocycles. The summed E-state index contributed by atoms with van der Waals surface area (Å²) in [5, 5.41) is 13.4. The normalized spacial score (nSPS) is 21.9. The van der Waals surface area contributed by atoms with Crippen molar-refractivity contribution in [3.63, 3.8) is 0 Å². The van der Waals surface area contributed by atoms with E-state index in [0.29, 0.717) is 5.75 Å². The lowest BCUT2D eigenvalue weighted by Gasteiger charge is -2.30. The van der Waals surface area contributed by atoms with Gasteiger partial charge in [0.05, 0.1) is 17.7 Å². The second kappa shape index (κ2) is 7.84. The Morgan fingerprint density at radius 3 is 2.59 bits per heavy atom. The summed E-state index contributed by atoms with van der Waals surface area (Å²) in [7, 11) is 1.51. The summed E-state index contributed by atoms with van der Waals surface area (Å²) in [6, 6.07) is 6.24. The van der Waals surface area contributed by atoms with Gasteiger partial charge in [-0.2, -0.15) is 0 Å². The maximum Gasteiger partial charge on any atom is 0.295 e. The number of benzene rings is 1. The van der Waals surface area contributed by atoms with Crippen LogP contribution in [0.5, 0.6) is 5.75 Å². The fourth-order valence-electron chi connectivity index (χ4n) is 4.29. The van der Waals surface area contributed by atoms with Gasteiger partial charge in [-0.05, 0) is 55.0 Å². The van der Waals surface area contributed by atoms with Gasteiger partial charge in [0.15, 0.2) is 0 Å². The Hall–Kier alpha value is -2.31. The molecule has 1 saturated heterocycles. The number of amides is 1. The Morgan fingerprint density at radius 1 is 1.24 bits per heavy atom. The standard InChI is InChI=1S/C22H22ClNO4S/c1-12-9-10-29-21(12)18-17(19(25)15-11-14(28-2)7-8-16(15)23)20(26)22(27)24(18)13-5-3-4-6-13/h7-11,13,18,25H,3-6H2,1-2H3/b19-17+. The fraction of sp³-hybridized carbons (Fsp3) is 0.364. The Bertz CT molecular complexity index is 1010. The number of nitrogens with zero attached hydrogens (tertiary/aromatic N) is 1. The number of aliphatic hydroxyl groups is 1. The lowest BCUT2D eigenvalue weighted by atomic mass is 9.97. The van der Waals surface area contributed by atoms with Gasteiger partial charge in [0.2, 0.25) is 0 Å². The summed E-state index contributed by atoms with van der Waals surface area (Å²) in [6.07, 6.45) is 3.80. The Kier molecular flexibility index (Phi) is 5.40. The molecular weight excluding hydrogens is 410 g/mol. The van der Waals surface area contributed by atoms with Crippen molar-refractivity contribution >= 4 is 40.4 Å². The van der Waals surface area contributed by atoms with Crippen LogP contribution in [0.4, 0.5) is 0 Å². The third-order valence-electron chi connectivity index (χ3n) is 5.78. The van der Waals surface area contributed by atoms with Crippen molar-refractivity contribution < 1.29 is 19.4 Å². The van der Waals surface area contributed by atoms with Gasteiger partial charge in [0.1, 0.15) is 17.6 Å². The lowest BCUT2D eigenvalue weighted by molar-refractivity contribution is -0.141. The van der Waals surface area contributed by atoms with Crippen LogP contribution in [-0.4, -0.2) is 34.8 Å². The van der Waals surface area contributed by atoms with Crippen LogP contribution in [0.25, 0.3) is 5.76 Å². The Balaban J connectivity index is 1.92. The van der Waals surface area contributed by atoms with Gasteiger partial charge in [-0.3, -0.25) is 9.59 Å². The maximum atomic E-state index is 13.1. The van der Waals surface area contributed by atoms with E-state index in [2.05, 4.69) is 0 Å². The summed E-state index contributed by atoms with van der Waals surface area (Å²) in [5.74, 6) is -0.961. The number of aliphatic hydroxyl groups excluding tert-OH is 1. The molecule has 0 radical (unpaired) electrons. The van der Waals surface area contributed by atoms with Crippen molar-refractivity contribution in [3.8, 4) is 5.75 Å². The average Bonchev–Trinajstić information content (AvgIpc) is 3.43. The molecule has 1 amide bonds. The first kappa shape index (κ1) is 20.0. The van der Waals surface area contributed by atoms with Crippen molar-refractivity contribution in [2.24, 2.45) is 0 Å². The van der Waals surface area contributed by atoms with E-state index in [1.165, 1.54) is 18.4 Å². The van der Waals surface area contributed by atoms with Gasteiger partial charge in [0, 0.05) is 16.5 Å². The first-order valence-corrected chi connectivity index (χ1v) is 10.9. The number of rotatable bonds is 4. The molecule has 2 aromatic rings. The molecule has 5 nitrogen and oxygen atoms in total. The van der Waals surface area contributed by atoms with E-state index in [1.54, 1.807) is 23.1 Å². The highest BCUT2D eigenvalue weighted by Crippen LogP contribution is 2.46. The van der Waals surface area contributed by atoms with Gasteiger partial charge in [-0.15, -0.1) is 11.3 Å². The van der Waals surface area contributed by atoms with Gasteiger partial charge in [-0.1, -0.05) is 24.4 Å². The van der Waals surface area contributed by atoms with Crippen molar-refractivity contribution in [3.05, 3.63) is 56.2 Å². The van der Waals surface area contributed by atoms with E-state index in [-0.39, 0.29) is 28.0 Å². The minimum atomic E-state index is -0.661. The molecule has 4 rings (SSSR count). The van der Waals surface area contributed by atoms with E-state index >= 15 is 0 Å². The van der Waals surface area contributed by atoms with Gasteiger partial charge in [-0.25, -0.2) is 0 Å². The molecule has 1 aliphatic carbocycles. The number of carbonyl (C=O) groups is 2. The molecule has 2 heterocycles. The Morgan fingerprint density at radius 2 is 1.97 bits per heavy atom. The number of methoxy groups -OCH3 is 1. The highest BCUT2D eigenvalue weighted by molar-refractivity contribution is 7.10. The molecule has 1 saturated carbocycles. The molecule has 1 atom stereocenters. The van der Waals surface area contributed by atoms with Gasteiger partial charge >= 0.3 is 0 Å². The minimum absolute atomic E-state index is 0.00373. The van der Waals surface area contributed by atoms with Crippen LogP contribution in [0.3, 0.4) is 0 Å². The summed E-state index contributed by atoms with van der Waals surface area (Å²) in [6.45, 7) is 1.96. The van der Waals surface area contributed by atoms with E-state index < -0.39 is 17.7 Å².